The molecule has 0 unspecified atom stereocenters. The first kappa shape index (κ1) is 13.7. The van der Waals surface area contributed by atoms with Crippen molar-refractivity contribution in [2.45, 2.75) is 0 Å². The van der Waals surface area contributed by atoms with Crippen molar-refractivity contribution in [3.8, 4) is 11.5 Å². The van der Waals surface area contributed by atoms with Gasteiger partial charge in [-0.05, 0) is 35.4 Å². The minimum Gasteiger partial charge on any atom is -0.504 e. The minimum absolute atomic E-state index is 0.160. The topological polar surface area (TPSA) is 69.6 Å². The second-order valence-corrected chi connectivity index (χ2v) is 4.19. The lowest BCUT2D eigenvalue weighted by Gasteiger charge is -2.05. The molecule has 0 aliphatic heterocycles. The van der Waals surface area contributed by atoms with E-state index >= 15 is 0 Å². The van der Waals surface area contributed by atoms with Crippen LogP contribution in [0.3, 0.4) is 0 Å². The maximum absolute atomic E-state index is 10.8. The number of hydrogen-bond donors (Lipinski definition) is 3. The van der Waals surface area contributed by atoms with Crippen LogP contribution in [0.15, 0.2) is 36.4 Å². The van der Waals surface area contributed by atoms with Gasteiger partial charge in [0.05, 0.1) is 0 Å². The van der Waals surface area contributed by atoms with Crippen LogP contribution >= 0.6 is 0 Å². The van der Waals surface area contributed by atoms with Crippen LogP contribution in [0.5, 0.6) is 11.5 Å². The summed E-state index contributed by atoms with van der Waals surface area (Å²) in [5, 5.41) is 21.1. The Morgan fingerprint density at radius 1 is 0.950 bits per heavy atom. The molecule has 0 spiro atoms. The zero-order valence-electron chi connectivity index (χ0n) is 10.6. The number of hydrogen-bond acceptors (Lipinski definition) is 4. The van der Waals surface area contributed by atoms with E-state index in [-0.39, 0.29) is 11.5 Å². The Hall–Kier alpha value is -2.69. The van der Waals surface area contributed by atoms with Crippen LogP contribution in [0.2, 0.25) is 0 Å². The highest BCUT2D eigenvalue weighted by atomic mass is 16.3. The van der Waals surface area contributed by atoms with Crippen LogP contribution in [-0.2, 0) is 0 Å². The van der Waals surface area contributed by atoms with Crippen molar-refractivity contribution < 1.29 is 15.0 Å². The number of anilines is 1. The van der Waals surface area contributed by atoms with E-state index in [0.29, 0.717) is 11.3 Å². The molecule has 0 bridgehead atoms. The minimum atomic E-state index is -0.173. The van der Waals surface area contributed by atoms with Crippen LogP contribution in [0.4, 0.5) is 5.69 Å². The van der Waals surface area contributed by atoms with Gasteiger partial charge in [0.25, 0.3) is 0 Å². The molecule has 0 atom stereocenters. The summed E-state index contributed by atoms with van der Waals surface area (Å²) in [6, 6.07) is 9.72. The molecule has 2 rings (SSSR count). The molecule has 0 amide bonds. The lowest BCUT2D eigenvalue weighted by Crippen LogP contribution is -1.96. The van der Waals surface area contributed by atoms with Crippen molar-refractivity contribution in [1.82, 2.24) is 0 Å². The smallest absolute Gasteiger partial charge is 0.222 e. The summed E-state index contributed by atoms with van der Waals surface area (Å²) in [6.07, 6.45) is 4.30. The van der Waals surface area contributed by atoms with Gasteiger partial charge in [0, 0.05) is 11.3 Å². The van der Waals surface area contributed by atoms with Crippen molar-refractivity contribution in [3.63, 3.8) is 0 Å². The van der Waals surface area contributed by atoms with Gasteiger partial charge in [-0.15, -0.1) is 0 Å². The average molecular weight is 265 g/mol. The van der Waals surface area contributed by atoms with Gasteiger partial charge >= 0.3 is 0 Å². The standard InChI is InChI=1S/C15H12BNO3/c16-17-13-7-10(3-5-12(13)9-18)1-2-11-4-6-14(19)15(20)8-11/h1-9,17,19-20H/b2-1+. The number of aldehydes is 1. The molecular weight excluding hydrogens is 253 g/mol. The number of carbonyl (C=O) groups is 1. The summed E-state index contributed by atoms with van der Waals surface area (Å²) in [5.41, 5.74) is 2.60. The van der Waals surface area contributed by atoms with Crippen LogP contribution in [0, 0.1) is 0 Å². The summed E-state index contributed by atoms with van der Waals surface area (Å²) in [6.45, 7) is 0. The van der Waals surface area contributed by atoms with Gasteiger partial charge in [-0.25, -0.2) is 0 Å². The van der Waals surface area contributed by atoms with Gasteiger partial charge in [-0.1, -0.05) is 24.3 Å². The van der Waals surface area contributed by atoms with E-state index in [4.69, 9.17) is 7.98 Å². The first-order valence-corrected chi connectivity index (χ1v) is 5.90. The number of phenolic OH excluding ortho intramolecular Hbond substituents is 2. The predicted octanol–water partition coefficient (Wildman–Crippen LogP) is 2.58. The Kier molecular flexibility index (Phi) is 4.10. The van der Waals surface area contributed by atoms with E-state index in [2.05, 4.69) is 5.23 Å². The largest absolute Gasteiger partial charge is 0.504 e. The number of benzene rings is 2. The van der Waals surface area contributed by atoms with Crippen LogP contribution < -0.4 is 5.23 Å². The van der Waals surface area contributed by atoms with Crippen LogP contribution in [0.25, 0.3) is 12.2 Å². The van der Waals surface area contributed by atoms with Crippen LogP contribution in [-0.4, -0.2) is 24.5 Å². The Morgan fingerprint density at radius 2 is 1.60 bits per heavy atom. The number of phenols is 2. The van der Waals surface area contributed by atoms with Crippen molar-refractivity contribution in [2.24, 2.45) is 0 Å². The molecule has 2 aromatic carbocycles. The third-order valence-corrected chi connectivity index (χ3v) is 2.83. The fourth-order valence-electron chi connectivity index (χ4n) is 1.74. The van der Waals surface area contributed by atoms with E-state index in [1.165, 1.54) is 12.1 Å². The van der Waals surface area contributed by atoms with E-state index in [0.717, 1.165) is 17.4 Å². The molecule has 0 aliphatic carbocycles. The highest BCUT2D eigenvalue weighted by molar-refractivity contribution is 6.17. The summed E-state index contributed by atoms with van der Waals surface area (Å²) < 4.78 is 0. The third kappa shape index (κ3) is 3.01. The van der Waals surface area contributed by atoms with E-state index < -0.39 is 0 Å². The molecule has 0 saturated carbocycles. The Bertz CT molecular complexity index is 668. The molecule has 20 heavy (non-hydrogen) atoms. The molecule has 0 fully saturated rings. The Morgan fingerprint density at radius 3 is 2.20 bits per heavy atom. The zero-order valence-corrected chi connectivity index (χ0v) is 10.6. The summed E-state index contributed by atoms with van der Waals surface area (Å²) in [7, 11) is 5.35. The van der Waals surface area contributed by atoms with Gasteiger partial charge in [0.2, 0.25) is 7.98 Å². The molecular formula is C15H12BNO3. The van der Waals surface area contributed by atoms with Crippen molar-refractivity contribution in [1.29, 1.82) is 0 Å². The molecule has 3 N–H and O–H groups in total. The van der Waals surface area contributed by atoms with E-state index in [9.17, 15) is 15.0 Å². The second kappa shape index (κ2) is 5.97. The maximum atomic E-state index is 10.8. The monoisotopic (exact) mass is 265 g/mol. The molecule has 4 nitrogen and oxygen atoms in total. The van der Waals surface area contributed by atoms with Crippen LogP contribution in [0.1, 0.15) is 21.5 Å². The van der Waals surface area contributed by atoms with Gasteiger partial charge in [0.15, 0.2) is 17.8 Å². The second-order valence-electron chi connectivity index (χ2n) is 4.19. The van der Waals surface area contributed by atoms with Gasteiger partial charge in [-0.3, -0.25) is 4.79 Å². The summed E-state index contributed by atoms with van der Waals surface area (Å²) in [5.74, 6) is -0.333. The molecule has 2 radical (unpaired) electrons. The quantitative estimate of drug-likeness (QED) is 0.344. The molecule has 98 valence electrons. The Balaban J connectivity index is 2.26. The summed E-state index contributed by atoms with van der Waals surface area (Å²) in [4.78, 5) is 10.8. The lowest BCUT2D eigenvalue weighted by atomic mass is 10.1. The molecule has 0 aliphatic rings. The normalized spacial score (nSPS) is 10.6. The first-order valence-electron chi connectivity index (χ1n) is 5.90. The molecule has 0 aromatic heterocycles. The zero-order chi connectivity index (χ0) is 14.5. The molecule has 0 heterocycles. The number of rotatable bonds is 4. The lowest BCUT2D eigenvalue weighted by molar-refractivity contribution is 0.112. The molecule has 0 saturated heterocycles. The van der Waals surface area contributed by atoms with E-state index in [1.54, 1.807) is 36.4 Å². The number of aromatic hydroxyl groups is 2. The maximum Gasteiger partial charge on any atom is 0.222 e. The highest BCUT2D eigenvalue weighted by Crippen LogP contribution is 2.26. The fourth-order valence-corrected chi connectivity index (χ4v) is 1.74. The molecule has 5 heteroatoms. The van der Waals surface area contributed by atoms with Crippen molar-refractivity contribution in [2.75, 3.05) is 5.23 Å². The SMILES string of the molecule is [B]Nc1cc(/C=C/c2ccc(O)c(O)c2)ccc1C=O. The Labute approximate surface area is 117 Å². The van der Waals surface area contributed by atoms with Gasteiger partial charge < -0.3 is 15.4 Å². The molecule has 2 aromatic rings. The summed E-state index contributed by atoms with van der Waals surface area (Å²) >= 11 is 0. The number of nitrogens with one attached hydrogen (secondary N) is 1. The van der Waals surface area contributed by atoms with Gasteiger partial charge in [-0.2, -0.15) is 0 Å². The third-order valence-electron chi connectivity index (χ3n) is 2.83. The highest BCUT2D eigenvalue weighted by Gasteiger charge is 2.00. The average Bonchev–Trinajstić information content (AvgIpc) is 2.48. The predicted molar refractivity (Wildman–Crippen MR) is 79.9 cm³/mol. The van der Waals surface area contributed by atoms with Gasteiger partial charge in [0.1, 0.15) is 0 Å². The van der Waals surface area contributed by atoms with Crippen molar-refractivity contribution in [3.05, 3.63) is 53.1 Å². The van der Waals surface area contributed by atoms with Crippen molar-refractivity contribution >= 4 is 32.1 Å². The van der Waals surface area contributed by atoms with E-state index in [1.807, 2.05) is 0 Å². The first-order chi connectivity index (χ1) is 9.63. The number of carbonyl (C=O) groups excluding carboxylic acids is 1. The fraction of sp³-hybridized carbons (Fsp3) is 0.